The Morgan fingerprint density at radius 3 is 2.19 bits per heavy atom. The van der Waals surface area contributed by atoms with E-state index in [1.54, 1.807) is 18.3 Å². The molecular formula is C22H23N3O2. The van der Waals surface area contributed by atoms with Crippen LogP contribution in [-0.2, 0) is 0 Å². The summed E-state index contributed by atoms with van der Waals surface area (Å²) in [4.78, 5) is 16.7. The Bertz CT molecular complexity index is 886. The molecule has 2 aromatic carbocycles. The molecule has 5 nitrogen and oxygen atoms in total. The van der Waals surface area contributed by atoms with E-state index in [4.69, 9.17) is 4.74 Å². The predicted molar refractivity (Wildman–Crippen MR) is 109 cm³/mol. The Morgan fingerprint density at radius 1 is 0.926 bits per heavy atom. The summed E-state index contributed by atoms with van der Waals surface area (Å²) in [6, 6.07) is 18.9. The van der Waals surface area contributed by atoms with Gasteiger partial charge in [-0.3, -0.25) is 4.79 Å². The maximum atomic E-state index is 12.4. The van der Waals surface area contributed by atoms with E-state index < -0.39 is 0 Å². The number of anilines is 3. The minimum absolute atomic E-state index is 0.114. The number of benzene rings is 2. The third kappa shape index (κ3) is 5.31. The molecule has 3 aromatic rings. The van der Waals surface area contributed by atoms with Crippen LogP contribution in [-0.4, -0.2) is 17.0 Å². The minimum Gasteiger partial charge on any atom is -0.491 e. The number of pyridine rings is 1. The van der Waals surface area contributed by atoms with E-state index >= 15 is 0 Å². The van der Waals surface area contributed by atoms with Crippen molar-refractivity contribution >= 4 is 23.1 Å². The molecule has 0 aliphatic carbocycles. The normalized spacial score (nSPS) is 10.5. The Labute approximate surface area is 159 Å². The largest absolute Gasteiger partial charge is 0.491 e. The van der Waals surface area contributed by atoms with Crippen molar-refractivity contribution in [3.63, 3.8) is 0 Å². The first-order valence-corrected chi connectivity index (χ1v) is 8.87. The van der Waals surface area contributed by atoms with E-state index in [1.807, 2.05) is 69.3 Å². The highest BCUT2D eigenvalue weighted by molar-refractivity contribution is 6.04. The molecule has 3 rings (SSSR count). The second-order valence-electron chi connectivity index (χ2n) is 6.57. The van der Waals surface area contributed by atoms with Crippen LogP contribution in [0.15, 0.2) is 66.9 Å². The van der Waals surface area contributed by atoms with E-state index in [-0.39, 0.29) is 12.0 Å². The lowest BCUT2D eigenvalue weighted by molar-refractivity contribution is 0.102. The molecule has 0 radical (unpaired) electrons. The molecular weight excluding hydrogens is 338 g/mol. The molecule has 0 unspecified atom stereocenters. The third-order valence-electron chi connectivity index (χ3n) is 3.83. The first-order chi connectivity index (χ1) is 13.0. The van der Waals surface area contributed by atoms with Gasteiger partial charge in [0.1, 0.15) is 11.6 Å². The summed E-state index contributed by atoms with van der Waals surface area (Å²) in [6.07, 6.45) is 1.67. The summed E-state index contributed by atoms with van der Waals surface area (Å²) < 4.78 is 5.60. The molecule has 0 spiro atoms. The van der Waals surface area contributed by atoms with E-state index in [9.17, 15) is 4.79 Å². The molecule has 1 aromatic heterocycles. The van der Waals surface area contributed by atoms with Gasteiger partial charge in [-0.15, -0.1) is 0 Å². The number of nitrogens with zero attached hydrogens (tertiary/aromatic N) is 1. The lowest BCUT2D eigenvalue weighted by Crippen LogP contribution is -2.12. The molecule has 0 aliphatic heterocycles. The van der Waals surface area contributed by atoms with Crippen LogP contribution < -0.4 is 15.4 Å². The molecule has 0 atom stereocenters. The minimum atomic E-state index is -0.207. The van der Waals surface area contributed by atoms with Crippen molar-refractivity contribution in [3.05, 3.63) is 78.0 Å². The quantitative estimate of drug-likeness (QED) is 0.635. The fraction of sp³-hybridized carbons (Fsp3) is 0.182. The fourth-order valence-electron chi connectivity index (χ4n) is 2.48. The van der Waals surface area contributed by atoms with Gasteiger partial charge in [0.2, 0.25) is 0 Å². The molecule has 5 heteroatoms. The molecule has 1 heterocycles. The standard InChI is InChI=1S/C22H23N3O2/c1-15(2)27-20-11-9-19(10-12-20)25-22(26)17-6-13-21(23-14-17)24-18-7-4-16(3)5-8-18/h4-15H,1-3H3,(H,23,24)(H,25,26). The molecule has 0 fully saturated rings. The molecule has 27 heavy (non-hydrogen) atoms. The summed E-state index contributed by atoms with van der Waals surface area (Å²) in [7, 11) is 0. The molecule has 2 N–H and O–H groups in total. The van der Waals surface area contributed by atoms with Crippen LogP contribution in [0.1, 0.15) is 29.8 Å². The zero-order chi connectivity index (χ0) is 19.2. The van der Waals surface area contributed by atoms with Gasteiger partial charge < -0.3 is 15.4 Å². The predicted octanol–water partition coefficient (Wildman–Crippen LogP) is 5.17. The van der Waals surface area contributed by atoms with Crippen LogP contribution >= 0.6 is 0 Å². The van der Waals surface area contributed by atoms with Crippen molar-refractivity contribution in [1.82, 2.24) is 4.98 Å². The summed E-state index contributed by atoms with van der Waals surface area (Å²) in [5, 5.41) is 6.07. The number of hydrogen-bond donors (Lipinski definition) is 2. The smallest absolute Gasteiger partial charge is 0.257 e. The lowest BCUT2D eigenvalue weighted by atomic mass is 10.2. The second kappa shape index (κ2) is 8.36. The number of hydrogen-bond acceptors (Lipinski definition) is 4. The second-order valence-corrected chi connectivity index (χ2v) is 6.57. The number of rotatable bonds is 6. The average molecular weight is 361 g/mol. The monoisotopic (exact) mass is 361 g/mol. The van der Waals surface area contributed by atoms with E-state index in [0.717, 1.165) is 11.4 Å². The zero-order valence-electron chi connectivity index (χ0n) is 15.7. The Morgan fingerprint density at radius 2 is 1.59 bits per heavy atom. The molecule has 0 aliphatic rings. The van der Waals surface area contributed by atoms with E-state index in [1.165, 1.54) is 5.56 Å². The topological polar surface area (TPSA) is 63.2 Å². The zero-order valence-corrected chi connectivity index (χ0v) is 15.7. The highest BCUT2D eigenvalue weighted by Gasteiger charge is 2.07. The Hall–Kier alpha value is -3.34. The van der Waals surface area contributed by atoms with Gasteiger partial charge in [-0.05, 0) is 69.3 Å². The molecule has 0 bridgehead atoms. The van der Waals surface area contributed by atoms with Crippen molar-refractivity contribution in [1.29, 1.82) is 0 Å². The number of carbonyl (C=O) groups excluding carboxylic acids is 1. The molecule has 138 valence electrons. The fourth-order valence-corrected chi connectivity index (χ4v) is 2.48. The van der Waals surface area contributed by atoms with Gasteiger partial charge in [-0.2, -0.15) is 0 Å². The van der Waals surface area contributed by atoms with Crippen LogP contribution in [0.5, 0.6) is 5.75 Å². The number of nitrogens with one attached hydrogen (secondary N) is 2. The highest BCUT2D eigenvalue weighted by Crippen LogP contribution is 2.18. The summed E-state index contributed by atoms with van der Waals surface area (Å²) in [5.74, 6) is 1.25. The number of aromatic nitrogens is 1. The third-order valence-corrected chi connectivity index (χ3v) is 3.83. The van der Waals surface area contributed by atoms with Gasteiger partial charge in [0.05, 0.1) is 11.7 Å². The van der Waals surface area contributed by atoms with Gasteiger partial charge in [-0.25, -0.2) is 4.98 Å². The maximum Gasteiger partial charge on any atom is 0.257 e. The van der Waals surface area contributed by atoms with Crippen molar-refractivity contribution < 1.29 is 9.53 Å². The number of carbonyl (C=O) groups is 1. The van der Waals surface area contributed by atoms with Crippen molar-refractivity contribution in [3.8, 4) is 5.75 Å². The first-order valence-electron chi connectivity index (χ1n) is 8.87. The lowest BCUT2D eigenvalue weighted by Gasteiger charge is -2.11. The van der Waals surface area contributed by atoms with Gasteiger partial charge in [0.15, 0.2) is 0 Å². The SMILES string of the molecule is Cc1ccc(Nc2ccc(C(=O)Nc3ccc(OC(C)C)cc3)cn2)cc1. The number of amides is 1. The Balaban J connectivity index is 1.60. The Kier molecular flexibility index (Phi) is 5.71. The van der Waals surface area contributed by atoms with Crippen LogP contribution in [0.2, 0.25) is 0 Å². The van der Waals surface area contributed by atoms with Crippen molar-refractivity contribution in [2.24, 2.45) is 0 Å². The van der Waals surface area contributed by atoms with Crippen LogP contribution in [0.3, 0.4) is 0 Å². The van der Waals surface area contributed by atoms with E-state index in [0.29, 0.717) is 17.1 Å². The van der Waals surface area contributed by atoms with Crippen molar-refractivity contribution in [2.75, 3.05) is 10.6 Å². The maximum absolute atomic E-state index is 12.4. The van der Waals surface area contributed by atoms with Crippen molar-refractivity contribution in [2.45, 2.75) is 26.9 Å². The number of aryl methyl sites for hydroxylation is 1. The first kappa shape index (κ1) is 18.5. The van der Waals surface area contributed by atoms with Crippen LogP contribution in [0.25, 0.3) is 0 Å². The molecule has 1 amide bonds. The highest BCUT2D eigenvalue weighted by atomic mass is 16.5. The molecule has 0 saturated carbocycles. The van der Waals surface area contributed by atoms with Gasteiger partial charge in [0.25, 0.3) is 5.91 Å². The van der Waals surface area contributed by atoms with Crippen LogP contribution in [0.4, 0.5) is 17.2 Å². The summed E-state index contributed by atoms with van der Waals surface area (Å²) in [6.45, 7) is 5.99. The van der Waals surface area contributed by atoms with E-state index in [2.05, 4.69) is 15.6 Å². The number of ether oxygens (including phenoxy) is 1. The van der Waals surface area contributed by atoms with Gasteiger partial charge in [0, 0.05) is 17.6 Å². The summed E-state index contributed by atoms with van der Waals surface area (Å²) >= 11 is 0. The summed E-state index contributed by atoms with van der Waals surface area (Å²) in [5.41, 5.74) is 3.35. The van der Waals surface area contributed by atoms with Gasteiger partial charge in [-0.1, -0.05) is 17.7 Å². The average Bonchev–Trinajstić information content (AvgIpc) is 2.65. The van der Waals surface area contributed by atoms with Gasteiger partial charge >= 0.3 is 0 Å². The molecule has 0 saturated heterocycles. The van der Waals surface area contributed by atoms with Crippen LogP contribution in [0, 0.1) is 6.92 Å².